The summed E-state index contributed by atoms with van der Waals surface area (Å²) < 4.78 is 0. The van der Waals surface area contributed by atoms with E-state index in [2.05, 4.69) is 25.9 Å². The van der Waals surface area contributed by atoms with Crippen LogP contribution in [0.3, 0.4) is 0 Å². The van der Waals surface area contributed by atoms with Crippen molar-refractivity contribution in [1.82, 2.24) is 20.9 Å². The number of fused-ring (bicyclic) bond motifs is 1. The first-order valence-corrected chi connectivity index (χ1v) is 13.3. The summed E-state index contributed by atoms with van der Waals surface area (Å²) >= 11 is 0. The summed E-state index contributed by atoms with van der Waals surface area (Å²) in [5.74, 6) is -5.78. The molecule has 0 aliphatic rings. The molecule has 43 heavy (non-hydrogen) atoms. The molecule has 0 saturated heterocycles. The van der Waals surface area contributed by atoms with Gasteiger partial charge in [0.2, 0.25) is 29.5 Å². The van der Waals surface area contributed by atoms with Crippen LogP contribution in [-0.4, -0.2) is 82.3 Å². The monoisotopic (exact) mass is 602 g/mol. The maximum atomic E-state index is 13.5. The largest absolute Gasteiger partial charge is 0.480 e. The molecule has 234 valence electrons. The summed E-state index contributed by atoms with van der Waals surface area (Å²) in [6, 6.07) is 1.78. The molecule has 0 spiro atoms. The van der Waals surface area contributed by atoms with Crippen LogP contribution >= 0.6 is 0 Å². The number of carboxylic acid groups (broad SMARTS) is 1. The van der Waals surface area contributed by atoms with Gasteiger partial charge in [-0.05, 0) is 30.9 Å². The van der Waals surface area contributed by atoms with Gasteiger partial charge in [0.05, 0.1) is 12.5 Å². The van der Waals surface area contributed by atoms with Crippen molar-refractivity contribution in [3.8, 4) is 0 Å². The molecule has 4 atom stereocenters. The molecule has 17 heteroatoms. The Hall–Kier alpha value is -5.19. The van der Waals surface area contributed by atoms with E-state index >= 15 is 0 Å². The SMILES string of the molecule is NC(=O)CCC(N)C(=O)NC(Cc1c[nH]c2ccccc12)C(=O)NC(CC(N)=O)C(=O)NC(CCCN=C(N)N)C(=O)O. The van der Waals surface area contributed by atoms with Gasteiger partial charge in [0, 0.05) is 36.5 Å². The van der Waals surface area contributed by atoms with Crippen LogP contribution in [0.2, 0.25) is 0 Å². The number of amides is 5. The number of aromatic nitrogens is 1. The van der Waals surface area contributed by atoms with Crippen molar-refractivity contribution in [3.63, 3.8) is 0 Å². The molecule has 0 fully saturated rings. The highest BCUT2D eigenvalue weighted by Crippen LogP contribution is 2.19. The number of carbonyl (C=O) groups is 6. The zero-order valence-corrected chi connectivity index (χ0v) is 23.4. The molecule has 15 N–H and O–H groups in total. The Bertz CT molecular complexity index is 1350. The number of benzene rings is 1. The number of primary amides is 2. The third kappa shape index (κ3) is 11.3. The van der Waals surface area contributed by atoms with E-state index in [4.69, 9.17) is 28.7 Å². The van der Waals surface area contributed by atoms with E-state index in [1.807, 2.05) is 12.1 Å². The van der Waals surface area contributed by atoms with E-state index in [9.17, 15) is 33.9 Å². The zero-order valence-electron chi connectivity index (χ0n) is 23.4. The lowest BCUT2D eigenvalue weighted by molar-refractivity contribution is -0.142. The second kappa shape index (κ2) is 16.3. The Labute approximate surface area is 246 Å². The normalized spacial score (nSPS) is 13.6. The summed E-state index contributed by atoms with van der Waals surface area (Å²) in [5.41, 5.74) is 28.2. The lowest BCUT2D eigenvalue weighted by Crippen LogP contribution is -2.58. The number of aliphatic carboxylic acids is 1. The number of carboxylic acids is 1. The molecule has 0 saturated carbocycles. The van der Waals surface area contributed by atoms with E-state index in [0.717, 1.165) is 10.9 Å². The first kappa shape index (κ1) is 34.0. The fraction of sp³-hybridized carbons (Fsp3) is 0.423. The van der Waals surface area contributed by atoms with Gasteiger partial charge in [-0.1, -0.05) is 18.2 Å². The number of carbonyl (C=O) groups excluding carboxylic acids is 5. The zero-order chi connectivity index (χ0) is 32.1. The number of para-hydroxylation sites is 1. The van der Waals surface area contributed by atoms with Crippen LogP contribution < -0.4 is 44.6 Å². The maximum Gasteiger partial charge on any atom is 0.326 e. The number of rotatable bonds is 18. The second-order valence-electron chi connectivity index (χ2n) is 9.82. The minimum Gasteiger partial charge on any atom is -0.480 e. The number of nitrogens with two attached hydrogens (primary N) is 5. The van der Waals surface area contributed by atoms with Crippen molar-refractivity contribution in [2.45, 2.75) is 62.7 Å². The lowest BCUT2D eigenvalue weighted by atomic mass is 10.0. The maximum absolute atomic E-state index is 13.5. The molecule has 1 heterocycles. The summed E-state index contributed by atoms with van der Waals surface area (Å²) in [5, 5.41) is 17.5. The molecule has 0 bridgehead atoms. The van der Waals surface area contributed by atoms with Gasteiger partial charge in [0.25, 0.3) is 0 Å². The van der Waals surface area contributed by atoms with E-state index in [-0.39, 0.29) is 44.6 Å². The molecule has 0 aliphatic carbocycles. The van der Waals surface area contributed by atoms with Gasteiger partial charge in [0.1, 0.15) is 18.1 Å². The number of hydrogen-bond donors (Lipinski definition) is 10. The number of hydrogen-bond acceptors (Lipinski definition) is 8. The number of aromatic amines is 1. The van der Waals surface area contributed by atoms with Crippen molar-refractivity contribution in [2.24, 2.45) is 33.7 Å². The number of guanidine groups is 1. The van der Waals surface area contributed by atoms with Gasteiger partial charge in [-0.3, -0.25) is 29.0 Å². The van der Waals surface area contributed by atoms with Gasteiger partial charge >= 0.3 is 5.97 Å². The van der Waals surface area contributed by atoms with E-state index < -0.39 is 66.1 Å². The Kier molecular flexibility index (Phi) is 12.9. The summed E-state index contributed by atoms with van der Waals surface area (Å²) in [4.78, 5) is 80.8. The van der Waals surface area contributed by atoms with Gasteiger partial charge in [-0.25, -0.2) is 4.79 Å². The highest BCUT2D eigenvalue weighted by atomic mass is 16.4. The molecule has 5 amide bonds. The number of aliphatic imine (C=N–C) groups is 1. The van der Waals surface area contributed by atoms with Gasteiger partial charge in [-0.15, -0.1) is 0 Å². The van der Waals surface area contributed by atoms with Crippen molar-refractivity contribution < 1.29 is 33.9 Å². The molecule has 2 rings (SSSR count). The van der Waals surface area contributed by atoms with Crippen LogP contribution in [0.4, 0.5) is 0 Å². The Morgan fingerprint density at radius 1 is 0.837 bits per heavy atom. The van der Waals surface area contributed by atoms with Crippen LogP contribution in [0, 0.1) is 0 Å². The Morgan fingerprint density at radius 3 is 2.09 bits per heavy atom. The second-order valence-corrected chi connectivity index (χ2v) is 9.82. The van der Waals surface area contributed by atoms with Gasteiger partial charge in [-0.2, -0.15) is 0 Å². The fourth-order valence-electron chi connectivity index (χ4n) is 4.15. The predicted molar refractivity (Wildman–Crippen MR) is 156 cm³/mol. The van der Waals surface area contributed by atoms with Crippen LogP contribution in [0.25, 0.3) is 10.9 Å². The number of H-pyrrole nitrogens is 1. The summed E-state index contributed by atoms with van der Waals surface area (Å²) in [7, 11) is 0. The van der Waals surface area contributed by atoms with Crippen molar-refractivity contribution in [2.75, 3.05) is 6.54 Å². The molecular weight excluding hydrogens is 564 g/mol. The lowest BCUT2D eigenvalue weighted by Gasteiger charge is -2.25. The molecule has 17 nitrogen and oxygen atoms in total. The summed E-state index contributed by atoms with van der Waals surface area (Å²) in [6.45, 7) is 0.111. The molecule has 1 aromatic heterocycles. The van der Waals surface area contributed by atoms with E-state index in [0.29, 0.717) is 5.56 Å². The highest BCUT2D eigenvalue weighted by molar-refractivity contribution is 5.96. The minimum atomic E-state index is -1.57. The van der Waals surface area contributed by atoms with Crippen LogP contribution in [0.1, 0.15) is 37.7 Å². The first-order valence-electron chi connectivity index (χ1n) is 13.3. The molecule has 2 aromatic rings. The molecular formula is C26H38N10O7. The predicted octanol–water partition coefficient (Wildman–Crippen LogP) is -3.23. The third-order valence-corrected chi connectivity index (χ3v) is 6.37. The fourth-order valence-corrected chi connectivity index (χ4v) is 4.15. The third-order valence-electron chi connectivity index (χ3n) is 6.37. The van der Waals surface area contributed by atoms with Crippen LogP contribution in [0.5, 0.6) is 0 Å². The Balaban J connectivity index is 2.26. The van der Waals surface area contributed by atoms with Gasteiger partial charge < -0.3 is 54.7 Å². The standard InChI is InChI=1S/C26H38N10O7/c27-15(7-8-20(28)37)22(39)35-18(10-13-12-33-16-5-2-1-4-14(13)16)23(40)36-19(11-21(29)38)24(41)34-17(25(42)43)6-3-9-32-26(30)31/h1-2,4-5,12,15,17-19,33H,3,6-11,27H2,(H2,28,37)(H2,29,38)(H,34,41)(H,35,39)(H,36,40)(H,42,43)(H4,30,31,32). The average molecular weight is 603 g/mol. The average Bonchev–Trinajstić information content (AvgIpc) is 3.34. The summed E-state index contributed by atoms with van der Waals surface area (Å²) in [6.07, 6.45) is 0.841. The molecule has 0 radical (unpaired) electrons. The van der Waals surface area contributed by atoms with Crippen LogP contribution in [0.15, 0.2) is 35.5 Å². The molecule has 1 aromatic carbocycles. The van der Waals surface area contributed by atoms with E-state index in [1.165, 1.54) is 0 Å². The molecule has 4 unspecified atom stereocenters. The minimum absolute atomic E-state index is 0.0580. The van der Waals surface area contributed by atoms with Crippen molar-refractivity contribution in [1.29, 1.82) is 0 Å². The highest BCUT2D eigenvalue weighted by Gasteiger charge is 2.31. The topological polar surface area (TPSA) is 317 Å². The smallest absolute Gasteiger partial charge is 0.326 e. The first-order chi connectivity index (χ1) is 20.3. The molecule has 0 aliphatic heterocycles. The van der Waals surface area contributed by atoms with Gasteiger partial charge in [0.15, 0.2) is 5.96 Å². The van der Waals surface area contributed by atoms with Crippen LogP contribution in [-0.2, 0) is 35.2 Å². The number of nitrogens with zero attached hydrogens (tertiary/aromatic N) is 1. The van der Waals surface area contributed by atoms with Crippen molar-refractivity contribution in [3.05, 3.63) is 36.0 Å². The van der Waals surface area contributed by atoms with Crippen molar-refractivity contribution >= 4 is 52.4 Å². The quantitative estimate of drug-likeness (QED) is 0.0462. The van der Waals surface area contributed by atoms with E-state index in [1.54, 1.807) is 18.3 Å². The Morgan fingerprint density at radius 2 is 1.47 bits per heavy atom. The number of nitrogens with one attached hydrogen (secondary N) is 4.